The predicted octanol–water partition coefficient (Wildman–Crippen LogP) is 5.28. The molecule has 1 aliphatic rings. The number of carbonyl (C=O) groups is 2. The van der Waals surface area contributed by atoms with Crippen LogP contribution >= 0.6 is 34.8 Å². The summed E-state index contributed by atoms with van der Waals surface area (Å²) in [6, 6.07) is 10.5. The largest absolute Gasteiger partial charge is 0.352 e. The van der Waals surface area contributed by atoms with Crippen LogP contribution in [0, 0.1) is 0 Å². The SMILES string of the molecule is C[C@@H](C(=O)NC1CCCCC1)N(Cc1c(Cl)cccc1Cl)C(=O)CN(c1ccccc1Cl)S(C)(=O)=O. The van der Waals surface area contributed by atoms with Crippen molar-refractivity contribution in [1.29, 1.82) is 0 Å². The highest BCUT2D eigenvalue weighted by Crippen LogP contribution is 2.29. The molecule has 2 aromatic carbocycles. The van der Waals surface area contributed by atoms with Crippen LogP contribution in [0.2, 0.25) is 15.1 Å². The summed E-state index contributed by atoms with van der Waals surface area (Å²) >= 11 is 19.0. The van der Waals surface area contributed by atoms with E-state index >= 15 is 0 Å². The Morgan fingerprint density at radius 2 is 1.56 bits per heavy atom. The topological polar surface area (TPSA) is 86.8 Å². The number of hydrogen-bond donors (Lipinski definition) is 1. The Bertz CT molecular complexity index is 1180. The second-order valence-corrected chi connectivity index (χ2v) is 12.1. The van der Waals surface area contributed by atoms with Crippen LogP contribution in [-0.4, -0.2) is 50.0 Å². The maximum absolute atomic E-state index is 13.7. The van der Waals surface area contributed by atoms with E-state index in [9.17, 15) is 18.0 Å². The molecule has 196 valence electrons. The van der Waals surface area contributed by atoms with Crippen molar-refractivity contribution in [3.63, 3.8) is 0 Å². The first-order valence-electron chi connectivity index (χ1n) is 11.7. The lowest BCUT2D eigenvalue weighted by molar-refractivity contribution is -0.139. The Morgan fingerprint density at radius 1 is 0.972 bits per heavy atom. The summed E-state index contributed by atoms with van der Waals surface area (Å²) in [5, 5.41) is 3.90. The van der Waals surface area contributed by atoms with Gasteiger partial charge in [0, 0.05) is 28.2 Å². The third-order valence-corrected chi connectivity index (χ3v) is 8.46. The summed E-state index contributed by atoms with van der Waals surface area (Å²) in [5.41, 5.74) is 0.639. The van der Waals surface area contributed by atoms with Crippen molar-refractivity contribution in [2.24, 2.45) is 0 Å². The van der Waals surface area contributed by atoms with Gasteiger partial charge in [-0.15, -0.1) is 0 Å². The molecule has 0 unspecified atom stereocenters. The van der Waals surface area contributed by atoms with Gasteiger partial charge in [-0.1, -0.05) is 72.3 Å². The Kier molecular flexibility index (Phi) is 9.92. The number of halogens is 3. The fourth-order valence-corrected chi connectivity index (χ4v) is 5.92. The Labute approximate surface area is 227 Å². The van der Waals surface area contributed by atoms with E-state index in [4.69, 9.17) is 34.8 Å². The Morgan fingerprint density at radius 3 is 2.14 bits per heavy atom. The van der Waals surface area contributed by atoms with Crippen molar-refractivity contribution in [2.75, 3.05) is 17.1 Å². The molecule has 11 heteroatoms. The number of nitrogens with one attached hydrogen (secondary N) is 1. The van der Waals surface area contributed by atoms with E-state index in [1.807, 2.05) is 0 Å². The van der Waals surface area contributed by atoms with Gasteiger partial charge in [-0.2, -0.15) is 0 Å². The van der Waals surface area contributed by atoms with Crippen molar-refractivity contribution >= 4 is 62.3 Å². The van der Waals surface area contributed by atoms with Gasteiger partial charge < -0.3 is 10.2 Å². The summed E-state index contributed by atoms with van der Waals surface area (Å²) in [5.74, 6) is -0.912. The zero-order valence-electron chi connectivity index (χ0n) is 20.2. The molecule has 0 heterocycles. The van der Waals surface area contributed by atoms with Gasteiger partial charge in [0.1, 0.15) is 12.6 Å². The number of hydrogen-bond acceptors (Lipinski definition) is 4. The average Bonchev–Trinajstić information content (AvgIpc) is 2.82. The second-order valence-electron chi connectivity index (χ2n) is 8.96. The molecule has 1 aliphatic carbocycles. The number of anilines is 1. The molecule has 0 radical (unpaired) electrons. The second kappa shape index (κ2) is 12.5. The lowest BCUT2D eigenvalue weighted by Crippen LogP contribution is -2.53. The first kappa shape index (κ1) is 28.6. The number of benzene rings is 2. The van der Waals surface area contributed by atoms with E-state index in [-0.39, 0.29) is 29.2 Å². The molecule has 2 amide bonds. The lowest BCUT2D eigenvalue weighted by atomic mass is 9.95. The molecular formula is C25H30Cl3N3O4S. The van der Waals surface area contributed by atoms with Crippen LogP contribution in [0.3, 0.4) is 0 Å². The predicted molar refractivity (Wildman–Crippen MR) is 145 cm³/mol. The fourth-order valence-electron chi connectivity index (χ4n) is 4.25. The fraction of sp³-hybridized carbons (Fsp3) is 0.440. The summed E-state index contributed by atoms with van der Waals surface area (Å²) < 4.78 is 26.2. The quantitative estimate of drug-likeness (QED) is 0.442. The summed E-state index contributed by atoms with van der Waals surface area (Å²) in [6.45, 7) is 0.990. The lowest BCUT2D eigenvalue weighted by Gasteiger charge is -2.33. The normalized spacial score (nSPS) is 15.2. The van der Waals surface area contributed by atoms with Gasteiger partial charge in [0.15, 0.2) is 0 Å². The molecule has 36 heavy (non-hydrogen) atoms. The minimum absolute atomic E-state index is 0.0465. The highest BCUT2D eigenvalue weighted by molar-refractivity contribution is 7.92. The molecule has 0 spiro atoms. The van der Waals surface area contributed by atoms with Crippen molar-refractivity contribution in [3.05, 3.63) is 63.1 Å². The molecule has 0 saturated heterocycles. The van der Waals surface area contributed by atoms with Gasteiger partial charge in [0.05, 0.1) is 17.0 Å². The maximum Gasteiger partial charge on any atom is 0.244 e. The van der Waals surface area contributed by atoms with Crippen LogP contribution in [0.4, 0.5) is 5.69 Å². The third kappa shape index (κ3) is 7.28. The Hall–Kier alpha value is -2.00. The molecule has 1 N–H and O–H groups in total. The van der Waals surface area contributed by atoms with Gasteiger partial charge in [-0.25, -0.2) is 8.42 Å². The van der Waals surface area contributed by atoms with E-state index in [0.717, 1.165) is 42.7 Å². The number of carbonyl (C=O) groups excluding carboxylic acids is 2. The van der Waals surface area contributed by atoms with Gasteiger partial charge >= 0.3 is 0 Å². The van der Waals surface area contributed by atoms with Gasteiger partial charge in [0.2, 0.25) is 21.8 Å². The number of amides is 2. The van der Waals surface area contributed by atoms with Gasteiger partial charge in [-0.3, -0.25) is 13.9 Å². The van der Waals surface area contributed by atoms with E-state index in [2.05, 4.69) is 5.32 Å². The first-order chi connectivity index (χ1) is 17.0. The molecule has 7 nitrogen and oxygen atoms in total. The highest BCUT2D eigenvalue weighted by atomic mass is 35.5. The van der Waals surface area contributed by atoms with Crippen molar-refractivity contribution in [3.8, 4) is 0 Å². The van der Waals surface area contributed by atoms with Crippen molar-refractivity contribution < 1.29 is 18.0 Å². The molecule has 3 rings (SSSR count). The van der Waals surface area contributed by atoms with E-state index in [0.29, 0.717) is 15.6 Å². The molecule has 0 bridgehead atoms. The zero-order valence-corrected chi connectivity index (χ0v) is 23.3. The smallest absolute Gasteiger partial charge is 0.244 e. The van der Waals surface area contributed by atoms with Crippen molar-refractivity contribution in [2.45, 2.75) is 57.7 Å². The summed E-state index contributed by atoms with van der Waals surface area (Å²) in [6.07, 6.45) is 5.99. The zero-order chi connectivity index (χ0) is 26.5. The minimum Gasteiger partial charge on any atom is -0.352 e. The highest BCUT2D eigenvalue weighted by Gasteiger charge is 2.32. The van der Waals surface area contributed by atoms with Gasteiger partial charge in [-0.05, 0) is 44.0 Å². The first-order valence-corrected chi connectivity index (χ1v) is 14.7. The minimum atomic E-state index is -3.88. The van der Waals surface area contributed by atoms with E-state index < -0.39 is 28.5 Å². The molecule has 1 atom stereocenters. The van der Waals surface area contributed by atoms with E-state index in [1.165, 1.54) is 11.0 Å². The molecule has 1 fully saturated rings. The third-order valence-electron chi connectivity index (χ3n) is 6.31. The Balaban J connectivity index is 1.92. The van der Waals surface area contributed by atoms with Crippen molar-refractivity contribution in [1.82, 2.24) is 10.2 Å². The van der Waals surface area contributed by atoms with Gasteiger partial charge in [0.25, 0.3) is 0 Å². The van der Waals surface area contributed by atoms with Crippen LogP contribution in [-0.2, 0) is 26.2 Å². The monoisotopic (exact) mass is 573 g/mol. The maximum atomic E-state index is 13.7. The average molecular weight is 575 g/mol. The summed E-state index contributed by atoms with van der Waals surface area (Å²) in [4.78, 5) is 28.2. The van der Waals surface area contributed by atoms with Crippen LogP contribution in [0.1, 0.15) is 44.6 Å². The molecular weight excluding hydrogens is 545 g/mol. The number of rotatable bonds is 9. The van der Waals surface area contributed by atoms with Crippen LogP contribution in [0.25, 0.3) is 0 Å². The number of nitrogens with zero attached hydrogens (tertiary/aromatic N) is 2. The molecule has 1 saturated carbocycles. The summed E-state index contributed by atoms with van der Waals surface area (Å²) in [7, 11) is -3.88. The number of sulfonamides is 1. The standard InChI is InChI=1S/C25H30Cl3N3O4S/c1-17(25(33)29-18-9-4-3-5-10-18)30(15-19-20(26)12-8-13-21(19)27)24(32)16-31(36(2,34)35)23-14-7-6-11-22(23)28/h6-8,11-14,17-18H,3-5,9-10,15-16H2,1-2H3,(H,29,33)/t17-/m0/s1. The molecule has 2 aromatic rings. The van der Waals surface area contributed by atoms with Crippen LogP contribution < -0.4 is 9.62 Å². The van der Waals surface area contributed by atoms with E-state index in [1.54, 1.807) is 43.3 Å². The van der Waals surface area contributed by atoms with Crippen LogP contribution in [0.5, 0.6) is 0 Å². The molecule has 0 aromatic heterocycles. The molecule has 0 aliphatic heterocycles. The number of para-hydroxylation sites is 1. The van der Waals surface area contributed by atoms with Crippen LogP contribution in [0.15, 0.2) is 42.5 Å².